The van der Waals surface area contributed by atoms with Crippen molar-refractivity contribution >= 4 is 11.8 Å². The van der Waals surface area contributed by atoms with Crippen molar-refractivity contribution in [1.82, 2.24) is 20.2 Å². The van der Waals surface area contributed by atoms with Gasteiger partial charge in [0.2, 0.25) is 5.43 Å². The molecule has 0 spiro atoms. The number of carbonyl (C=O) groups is 2. The zero-order chi connectivity index (χ0) is 22.2. The van der Waals surface area contributed by atoms with Crippen LogP contribution in [-0.4, -0.2) is 34.5 Å². The van der Waals surface area contributed by atoms with Crippen LogP contribution in [0.15, 0.2) is 41.7 Å². The first-order chi connectivity index (χ1) is 15.0. The third-order valence-electron chi connectivity index (χ3n) is 5.62. The Morgan fingerprint density at radius 3 is 2.39 bits per heavy atom. The molecule has 1 saturated carbocycles. The number of aromatic nitrogens is 2. The highest BCUT2D eigenvalue weighted by Crippen LogP contribution is 2.28. The van der Waals surface area contributed by atoms with Crippen molar-refractivity contribution < 1.29 is 9.59 Å². The summed E-state index contributed by atoms with van der Waals surface area (Å²) in [4.78, 5) is 42.7. The summed E-state index contributed by atoms with van der Waals surface area (Å²) >= 11 is 0. The van der Waals surface area contributed by atoms with Crippen molar-refractivity contribution in [2.24, 2.45) is 5.92 Å². The Balaban J connectivity index is 1.82. The molecule has 1 aliphatic rings. The molecule has 2 aromatic heterocycles. The summed E-state index contributed by atoms with van der Waals surface area (Å²) in [7, 11) is 0. The zero-order valence-electron chi connectivity index (χ0n) is 18.4. The molecule has 1 aliphatic carbocycles. The van der Waals surface area contributed by atoms with Gasteiger partial charge in [0.1, 0.15) is 11.1 Å². The minimum Gasteiger partial charge on any atom is -0.352 e. The molecule has 3 rings (SSSR count). The third-order valence-corrected chi connectivity index (χ3v) is 5.62. The van der Waals surface area contributed by atoms with E-state index in [4.69, 9.17) is 0 Å². The van der Waals surface area contributed by atoms with Gasteiger partial charge in [-0.05, 0) is 36.8 Å². The van der Waals surface area contributed by atoms with Gasteiger partial charge in [0, 0.05) is 43.9 Å². The first-order valence-electron chi connectivity index (χ1n) is 11.2. The lowest BCUT2D eigenvalue weighted by atomic mass is 9.95. The quantitative estimate of drug-likeness (QED) is 0.681. The smallest absolute Gasteiger partial charge is 0.256 e. The van der Waals surface area contributed by atoms with Crippen LogP contribution in [0.25, 0.3) is 0 Å². The molecule has 0 aromatic carbocycles. The highest BCUT2D eigenvalue weighted by atomic mass is 16.2. The van der Waals surface area contributed by atoms with Crippen LogP contribution in [-0.2, 0) is 6.42 Å². The predicted molar refractivity (Wildman–Crippen MR) is 120 cm³/mol. The topological polar surface area (TPSA) is 93.1 Å². The van der Waals surface area contributed by atoms with E-state index >= 15 is 0 Å². The van der Waals surface area contributed by atoms with E-state index in [2.05, 4.69) is 15.6 Å². The summed E-state index contributed by atoms with van der Waals surface area (Å²) in [6.07, 6.45) is 12.7. The van der Waals surface area contributed by atoms with Gasteiger partial charge in [-0.1, -0.05) is 39.2 Å². The van der Waals surface area contributed by atoms with E-state index in [1.807, 2.05) is 30.5 Å². The molecular formula is C24H32N4O3. The molecule has 2 N–H and O–H groups in total. The summed E-state index contributed by atoms with van der Waals surface area (Å²) in [5, 5.41) is 5.63. The molecule has 0 bridgehead atoms. The van der Waals surface area contributed by atoms with E-state index in [1.54, 1.807) is 24.8 Å². The molecule has 0 saturated heterocycles. The standard InChI is InChI=1S/C24H32N4O3/c1-17(2)13-27-24(31)21-16-28(19-8-4-3-5-9-19)15-20(22(21)29)23(30)26-12-10-18-7-6-11-25-14-18/h6-7,11,14-17,19H,3-5,8-10,12-13H2,1-2H3,(H,26,30)(H,27,31). The summed E-state index contributed by atoms with van der Waals surface area (Å²) < 4.78 is 1.90. The Morgan fingerprint density at radius 1 is 1.10 bits per heavy atom. The van der Waals surface area contributed by atoms with Gasteiger partial charge in [0.15, 0.2) is 0 Å². The van der Waals surface area contributed by atoms with Gasteiger partial charge >= 0.3 is 0 Å². The van der Waals surface area contributed by atoms with Crippen molar-refractivity contribution in [3.05, 3.63) is 63.8 Å². The Hall–Kier alpha value is -2.96. The Bertz CT molecular complexity index is 947. The molecule has 1 fully saturated rings. The van der Waals surface area contributed by atoms with Crippen LogP contribution >= 0.6 is 0 Å². The van der Waals surface area contributed by atoms with Crippen LogP contribution in [0.1, 0.15) is 78.3 Å². The highest BCUT2D eigenvalue weighted by Gasteiger charge is 2.22. The van der Waals surface area contributed by atoms with E-state index in [0.717, 1.165) is 31.2 Å². The number of nitrogens with one attached hydrogen (secondary N) is 2. The number of hydrogen-bond acceptors (Lipinski definition) is 4. The van der Waals surface area contributed by atoms with E-state index in [-0.39, 0.29) is 23.1 Å². The Morgan fingerprint density at radius 2 is 1.77 bits per heavy atom. The lowest BCUT2D eigenvalue weighted by Gasteiger charge is -2.25. The van der Waals surface area contributed by atoms with Crippen molar-refractivity contribution in [2.45, 2.75) is 58.4 Å². The molecule has 7 nitrogen and oxygen atoms in total. The fourth-order valence-electron chi connectivity index (χ4n) is 3.86. The number of carbonyl (C=O) groups excluding carboxylic acids is 2. The maximum Gasteiger partial charge on any atom is 0.256 e. The van der Waals surface area contributed by atoms with Crippen LogP contribution in [0.4, 0.5) is 0 Å². The normalized spacial score (nSPS) is 14.4. The predicted octanol–water partition coefficient (Wildman–Crippen LogP) is 3.11. The number of amides is 2. The second-order valence-corrected chi connectivity index (χ2v) is 8.62. The van der Waals surface area contributed by atoms with E-state index < -0.39 is 17.2 Å². The number of nitrogens with zero attached hydrogens (tertiary/aromatic N) is 2. The maximum atomic E-state index is 13.0. The summed E-state index contributed by atoms with van der Waals surface area (Å²) in [5.74, 6) is -0.603. The number of hydrogen-bond donors (Lipinski definition) is 2. The molecular weight excluding hydrogens is 392 g/mol. The molecule has 0 aliphatic heterocycles. The van der Waals surface area contributed by atoms with E-state index in [0.29, 0.717) is 19.5 Å². The van der Waals surface area contributed by atoms with Crippen molar-refractivity contribution in [3.8, 4) is 0 Å². The molecule has 2 aromatic rings. The largest absolute Gasteiger partial charge is 0.352 e. The van der Waals surface area contributed by atoms with Crippen LogP contribution in [0.2, 0.25) is 0 Å². The van der Waals surface area contributed by atoms with Crippen molar-refractivity contribution in [3.63, 3.8) is 0 Å². The Kier molecular flexibility index (Phi) is 7.98. The van der Waals surface area contributed by atoms with E-state index in [1.165, 1.54) is 6.42 Å². The van der Waals surface area contributed by atoms with Gasteiger partial charge in [0.05, 0.1) is 0 Å². The van der Waals surface area contributed by atoms with Crippen LogP contribution in [0.3, 0.4) is 0 Å². The Labute approximate surface area is 183 Å². The fraction of sp³-hybridized carbons (Fsp3) is 0.500. The van der Waals surface area contributed by atoms with Crippen molar-refractivity contribution in [2.75, 3.05) is 13.1 Å². The average molecular weight is 425 g/mol. The van der Waals surface area contributed by atoms with Gasteiger partial charge in [0.25, 0.3) is 11.8 Å². The number of rotatable bonds is 8. The minimum absolute atomic E-state index is 0.0222. The van der Waals surface area contributed by atoms with Gasteiger partial charge < -0.3 is 15.2 Å². The summed E-state index contributed by atoms with van der Waals surface area (Å²) in [6.45, 7) is 4.85. The molecule has 0 radical (unpaired) electrons. The SMILES string of the molecule is CC(C)CNC(=O)c1cn(C2CCCCC2)cc(C(=O)NCCc2cccnc2)c1=O. The molecule has 166 valence electrons. The zero-order valence-corrected chi connectivity index (χ0v) is 18.4. The fourth-order valence-corrected chi connectivity index (χ4v) is 3.86. The highest BCUT2D eigenvalue weighted by molar-refractivity contribution is 5.99. The first-order valence-corrected chi connectivity index (χ1v) is 11.2. The second kappa shape index (κ2) is 10.9. The van der Waals surface area contributed by atoms with Crippen molar-refractivity contribution in [1.29, 1.82) is 0 Å². The van der Waals surface area contributed by atoms with Gasteiger partial charge in [-0.3, -0.25) is 19.4 Å². The molecule has 31 heavy (non-hydrogen) atoms. The maximum absolute atomic E-state index is 13.0. The third kappa shape index (κ3) is 6.26. The van der Waals surface area contributed by atoms with Crippen LogP contribution in [0, 0.1) is 5.92 Å². The van der Waals surface area contributed by atoms with Crippen LogP contribution < -0.4 is 16.1 Å². The summed E-state index contributed by atoms with van der Waals surface area (Å²) in [5.41, 5.74) is 0.538. The molecule has 0 atom stereocenters. The van der Waals surface area contributed by atoms with Gasteiger partial charge in [-0.25, -0.2) is 0 Å². The molecule has 2 heterocycles. The second-order valence-electron chi connectivity index (χ2n) is 8.62. The molecule has 7 heteroatoms. The van der Waals surface area contributed by atoms with Gasteiger partial charge in [-0.2, -0.15) is 0 Å². The lowest BCUT2D eigenvalue weighted by Crippen LogP contribution is -2.37. The van der Waals surface area contributed by atoms with E-state index in [9.17, 15) is 14.4 Å². The monoisotopic (exact) mass is 424 g/mol. The molecule has 0 unspecified atom stereocenters. The summed E-state index contributed by atoms with van der Waals surface area (Å²) in [6, 6.07) is 3.99. The minimum atomic E-state index is -0.521. The lowest BCUT2D eigenvalue weighted by molar-refractivity contribution is 0.0946. The first kappa shape index (κ1) is 22.7. The van der Waals surface area contributed by atoms with Gasteiger partial charge in [-0.15, -0.1) is 0 Å². The average Bonchev–Trinajstić information content (AvgIpc) is 2.78. The molecule has 2 amide bonds. The number of pyridine rings is 2. The van der Waals surface area contributed by atoms with Crippen LogP contribution in [0.5, 0.6) is 0 Å².